The van der Waals surface area contributed by atoms with Gasteiger partial charge < -0.3 is 10.6 Å². The van der Waals surface area contributed by atoms with E-state index >= 15 is 0 Å². The van der Waals surface area contributed by atoms with E-state index in [9.17, 15) is 4.79 Å². The Balaban J connectivity index is 4.09. The monoisotopic (exact) mass is 182 g/mol. The van der Waals surface area contributed by atoms with E-state index in [0.29, 0.717) is 19.5 Å². The number of nitrogens with zero attached hydrogens (tertiary/aromatic N) is 1. The van der Waals surface area contributed by atoms with Gasteiger partial charge in [0.05, 0.1) is 0 Å². The van der Waals surface area contributed by atoms with Gasteiger partial charge in [-0.2, -0.15) is 0 Å². The lowest BCUT2D eigenvalue weighted by atomic mass is 10.2. The summed E-state index contributed by atoms with van der Waals surface area (Å²) in [6.07, 6.45) is 3.77. The minimum atomic E-state index is -0.0929. The summed E-state index contributed by atoms with van der Waals surface area (Å²) in [6.45, 7) is 10.1. The number of carbonyl (C=O) groups is 1. The van der Waals surface area contributed by atoms with Crippen LogP contribution in [0.4, 0.5) is 0 Å². The maximum Gasteiger partial charge on any atom is 0.224 e. The van der Waals surface area contributed by atoms with E-state index in [0.717, 1.165) is 0 Å². The number of hydrogen-bond donors (Lipinski definition) is 1. The Bertz CT molecular complexity index is 177. The summed E-state index contributed by atoms with van der Waals surface area (Å²) >= 11 is 0. The third-order valence-corrected chi connectivity index (χ3v) is 1.55. The lowest BCUT2D eigenvalue weighted by Gasteiger charge is -2.20. The molecule has 0 fully saturated rings. The highest BCUT2D eigenvalue weighted by Crippen LogP contribution is 1.97. The zero-order valence-corrected chi connectivity index (χ0v) is 8.20. The van der Waals surface area contributed by atoms with Gasteiger partial charge in [-0.1, -0.05) is 12.2 Å². The first kappa shape index (κ1) is 11.9. The molecule has 2 N–H and O–H groups in total. The molecule has 1 amide bonds. The maximum atomic E-state index is 11.5. The molecule has 1 atom stereocenters. The highest BCUT2D eigenvalue weighted by atomic mass is 16.2. The van der Waals surface area contributed by atoms with Crippen molar-refractivity contribution in [2.24, 2.45) is 5.73 Å². The fourth-order valence-corrected chi connectivity index (χ4v) is 0.994. The van der Waals surface area contributed by atoms with E-state index < -0.39 is 0 Å². The van der Waals surface area contributed by atoms with Crippen LogP contribution in [0, 0.1) is 0 Å². The summed E-state index contributed by atoms with van der Waals surface area (Å²) < 4.78 is 0. The highest BCUT2D eigenvalue weighted by molar-refractivity contribution is 5.77. The van der Waals surface area contributed by atoms with Crippen LogP contribution in [0.1, 0.15) is 13.3 Å². The molecule has 3 nitrogen and oxygen atoms in total. The predicted octanol–water partition coefficient (Wildman–Crippen LogP) is 0.924. The quantitative estimate of drug-likeness (QED) is 0.621. The number of carbonyl (C=O) groups excluding carboxylic acids is 1. The molecule has 0 saturated heterocycles. The summed E-state index contributed by atoms with van der Waals surface area (Å²) in [5, 5.41) is 0. The van der Waals surface area contributed by atoms with E-state index in [1.807, 2.05) is 6.92 Å². The first-order valence-electron chi connectivity index (χ1n) is 4.37. The van der Waals surface area contributed by atoms with Crippen molar-refractivity contribution in [1.82, 2.24) is 4.90 Å². The molecule has 13 heavy (non-hydrogen) atoms. The third kappa shape index (κ3) is 5.20. The average Bonchev–Trinajstić information content (AvgIpc) is 2.02. The van der Waals surface area contributed by atoms with Crippen molar-refractivity contribution in [3.63, 3.8) is 0 Å². The zero-order chi connectivity index (χ0) is 10.3. The minimum Gasteiger partial charge on any atom is -0.335 e. The summed E-state index contributed by atoms with van der Waals surface area (Å²) in [6, 6.07) is -0.0929. The molecular weight excluding hydrogens is 164 g/mol. The average molecular weight is 182 g/mol. The highest BCUT2D eigenvalue weighted by Gasteiger charge is 2.11. The van der Waals surface area contributed by atoms with Crippen molar-refractivity contribution in [1.29, 1.82) is 0 Å². The van der Waals surface area contributed by atoms with E-state index in [1.54, 1.807) is 17.1 Å². The summed E-state index contributed by atoms with van der Waals surface area (Å²) in [4.78, 5) is 13.2. The molecule has 0 aliphatic carbocycles. The molecule has 0 saturated carbocycles. The van der Waals surface area contributed by atoms with Crippen molar-refractivity contribution in [2.45, 2.75) is 19.4 Å². The van der Waals surface area contributed by atoms with Gasteiger partial charge in [-0.05, 0) is 6.92 Å². The SMILES string of the molecule is C=CCN(CC=C)C(=O)CC(C)N. The van der Waals surface area contributed by atoms with Crippen LogP contribution in [0.5, 0.6) is 0 Å². The summed E-state index contributed by atoms with van der Waals surface area (Å²) in [5.41, 5.74) is 5.52. The third-order valence-electron chi connectivity index (χ3n) is 1.55. The van der Waals surface area contributed by atoms with Crippen molar-refractivity contribution in [3.05, 3.63) is 25.3 Å². The standard InChI is InChI=1S/C10H18N2O/c1-4-6-12(7-5-2)10(13)8-9(3)11/h4-5,9H,1-2,6-8,11H2,3H3. The Morgan fingerprint density at radius 2 is 1.92 bits per heavy atom. The van der Waals surface area contributed by atoms with Crippen LogP contribution in [0.3, 0.4) is 0 Å². The minimum absolute atomic E-state index is 0.0507. The molecule has 0 aliphatic heterocycles. The van der Waals surface area contributed by atoms with Crippen molar-refractivity contribution in [3.8, 4) is 0 Å². The molecule has 0 aromatic carbocycles. The number of nitrogens with two attached hydrogens (primary N) is 1. The van der Waals surface area contributed by atoms with E-state index in [4.69, 9.17) is 5.73 Å². The maximum absolute atomic E-state index is 11.5. The van der Waals surface area contributed by atoms with Crippen LogP contribution in [-0.4, -0.2) is 29.9 Å². The van der Waals surface area contributed by atoms with Crippen LogP contribution in [0.15, 0.2) is 25.3 Å². The lowest BCUT2D eigenvalue weighted by molar-refractivity contribution is -0.130. The van der Waals surface area contributed by atoms with Gasteiger partial charge in [-0.15, -0.1) is 13.2 Å². The number of hydrogen-bond acceptors (Lipinski definition) is 2. The molecule has 3 heteroatoms. The Hall–Kier alpha value is -1.09. The fourth-order valence-electron chi connectivity index (χ4n) is 0.994. The largest absolute Gasteiger partial charge is 0.335 e. The smallest absolute Gasteiger partial charge is 0.224 e. The molecule has 0 aliphatic rings. The molecule has 74 valence electrons. The molecule has 0 aromatic rings. The van der Waals surface area contributed by atoms with Crippen molar-refractivity contribution >= 4 is 5.91 Å². The number of amides is 1. The Kier molecular flexibility index (Phi) is 5.89. The molecule has 0 heterocycles. The second-order valence-corrected chi connectivity index (χ2v) is 3.06. The fraction of sp³-hybridized carbons (Fsp3) is 0.500. The second-order valence-electron chi connectivity index (χ2n) is 3.06. The predicted molar refractivity (Wildman–Crippen MR) is 55.2 cm³/mol. The topological polar surface area (TPSA) is 46.3 Å². The molecule has 0 aromatic heterocycles. The molecular formula is C10H18N2O. The van der Waals surface area contributed by atoms with E-state index in [2.05, 4.69) is 13.2 Å². The van der Waals surface area contributed by atoms with Gasteiger partial charge in [-0.3, -0.25) is 4.79 Å². The zero-order valence-electron chi connectivity index (χ0n) is 8.20. The summed E-state index contributed by atoms with van der Waals surface area (Å²) in [5.74, 6) is 0.0507. The van der Waals surface area contributed by atoms with Crippen LogP contribution < -0.4 is 5.73 Å². The molecule has 0 radical (unpaired) electrons. The normalized spacial score (nSPS) is 11.8. The first-order chi connectivity index (χ1) is 6.11. The van der Waals surface area contributed by atoms with Gasteiger partial charge in [0.1, 0.15) is 0 Å². The molecule has 0 rings (SSSR count). The Morgan fingerprint density at radius 1 is 1.46 bits per heavy atom. The first-order valence-corrected chi connectivity index (χ1v) is 4.37. The molecule has 0 bridgehead atoms. The molecule has 1 unspecified atom stereocenters. The second kappa shape index (κ2) is 6.43. The van der Waals surface area contributed by atoms with Crippen LogP contribution in [0.2, 0.25) is 0 Å². The van der Waals surface area contributed by atoms with Crippen LogP contribution in [0.25, 0.3) is 0 Å². The van der Waals surface area contributed by atoms with Gasteiger partial charge in [0.15, 0.2) is 0 Å². The summed E-state index contributed by atoms with van der Waals surface area (Å²) in [7, 11) is 0. The Labute approximate surface area is 79.9 Å². The van der Waals surface area contributed by atoms with E-state index in [-0.39, 0.29) is 11.9 Å². The van der Waals surface area contributed by atoms with Crippen LogP contribution >= 0.6 is 0 Å². The number of rotatable bonds is 6. The molecule has 0 spiro atoms. The van der Waals surface area contributed by atoms with Crippen molar-refractivity contribution in [2.75, 3.05) is 13.1 Å². The Morgan fingerprint density at radius 3 is 2.23 bits per heavy atom. The van der Waals surface area contributed by atoms with Crippen LogP contribution in [-0.2, 0) is 4.79 Å². The van der Waals surface area contributed by atoms with Crippen molar-refractivity contribution < 1.29 is 4.79 Å². The van der Waals surface area contributed by atoms with Gasteiger partial charge in [0.2, 0.25) is 5.91 Å². The van der Waals surface area contributed by atoms with Gasteiger partial charge in [0, 0.05) is 25.6 Å². The van der Waals surface area contributed by atoms with Gasteiger partial charge in [-0.25, -0.2) is 0 Å². The lowest BCUT2D eigenvalue weighted by Crippen LogP contribution is -2.35. The van der Waals surface area contributed by atoms with E-state index in [1.165, 1.54) is 0 Å². The van der Waals surface area contributed by atoms with Gasteiger partial charge >= 0.3 is 0 Å². The van der Waals surface area contributed by atoms with Gasteiger partial charge in [0.25, 0.3) is 0 Å².